The van der Waals surface area contributed by atoms with Gasteiger partial charge in [-0.3, -0.25) is 9.59 Å². The maximum atomic E-state index is 12.4. The molecule has 0 saturated carbocycles. The van der Waals surface area contributed by atoms with Crippen molar-refractivity contribution in [3.63, 3.8) is 0 Å². The van der Waals surface area contributed by atoms with Gasteiger partial charge >= 0.3 is 6.18 Å². The molecule has 1 fully saturated rings. The number of nitrogens with zero attached hydrogens (tertiary/aromatic N) is 2. The molecule has 1 saturated heterocycles. The molecule has 0 unspecified atom stereocenters. The molecular formula is C16H20F3N3O2. The number of halogens is 3. The van der Waals surface area contributed by atoms with Crippen molar-refractivity contribution in [3.05, 3.63) is 29.8 Å². The summed E-state index contributed by atoms with van der Waals surface area (Å²) in [6, 6.07) is 7.55. The Morgan fingerprint density at radius 2 is 1.92 bits per heavy atom. The topological polar surface area (TPSA) is 52.7 Å². The average Bonchev–Trinajstić information content (AvgIpc) is 2.84. The zero-order chi connectivity index (χ0) is 17.9. The standard InChI is InChI=1S/C16H20F3N3O2/c1-21(2)13-5-3-11(4-6-13)8-20-15(24)12-7-14(23)22(9-12)10-16(17,18)19/h3-6,12H,7-10H2,1-2H3,(H,20,24)/t12-/m0/s1. The third kappa shape index (κ3) is 4.87. The lowest BCUT2D eigenvalue weighted by molar-refractivity contribution is -0.157. The Kier molecular flexibility index (Phi) is 5.36. The summed E-state index contributed by atoms with van der Waals surface area (Å²) in [6.45, 7) is -1.22. The van der Waals surface area contributed by atoms with Gasteiger partial charge in [0.25, 0.3) is 0 Å². The molecule has 0 bridgehead atoms. The molecule has 1 aromatic rings. The average molecular weight is 343 g/mol. The van der Waals surface area contributed by atoms with Crippen LogP contribution in [0.25, 0.3) is 0 Å². The maximum absolute atomic E-state index is 12.4. The normalized spacial score (nSPS) is 18.0. The van der Waals surface area contributed by atoms with Gasteiger partial charge in [0.2, 0.25) is 11.8 Å². The summed E-state index contributed by atoms with van der Waals surface area (Å²) < 4.78 is 37.1. The summed E-state index contributed by atoms with van der Waals surface area (Å²) in [5.41, 5.74) is 1.90. The van der Waals surface area contributed by atoms with Gasteiger partial charge in [-0.05, 0) is 17.7 Å². The smallest absolute Gasteiger partial charge is 0.378 e. The van der Waals surface area contributed by atoms with Crippen LogP contribution in [0.4, 0.5) is 18.9 Å². The summed E-state index contributed by atoms with van der Waals surface area (Å²) in [4.78, 5) is 26.3. The quantitative estimate of drug-likeness (QED) is 0.887. The van der Waals surface area contributed by atoms with Gasteiger partial charge in [-0.1, -0.05) is 12.1 Å². The first-order valence-electron chi connectivity index (χ1n) is 7.54. The minimum Gasteiger partial charge on any atom is -0.378 e. The van der Waals surface area contributed by atoms with Crippen LogP contribution in [0.1, 0.15) is 12.0 Å². The van der Waals surface area contributed by atoms with E-state index in [1.54, 1.807) is 0 Å². The molecule has 0 aromatic heterocycles. The number of hydrogen-bond donors (Lipinski definition) is 1. The molecule has 1 atom stereocenters. The zero-order valence-corrected chi connectivity index (χ0v) is 13.6. The summed E-state index contributed by atoms with van der Waals surface area (Å²) in [5, 5.41) is 2.68. The number of benzene rings is 1. The van der Waals surface area contributed by atoms with E-state index in [2.05, 4.69) is 5.32 Å². The van der Waals surface area contributed by atoms with Crippen LogP contribution in [0.5, 0.6) is 0 Å². The van der Waals surface area contributed by atoms with Gasteiger partial charge in [0, 0.05) is 39.3 Å². The van der Waals surface area contributed by atoms with Gasteiger partial charge in [0.1, 0.15) is 6.54 Å². The monoisotopic (exact) mass is 343 g/mol. The van der Waals surface area contributed by atoms with Crippen LogP contribution in [0, 0.1) is 5.92 Å². The minimum atomic E-state index is -4.45. The fourth-order valence-electron chi connectivity index (χ4n) is 2.56. The van der Waals surface area contributed by atoms with Crippen LogP contribution in [0.3, 0.4) is 0 Å². The Bertz CT molecular complexity index is 600. The van der Waals surface area contributed by atoms with Crippen molar-refractivity contribution in [2.45, 2.75) is 19.1 Å². The van der Waals surface area contributed by atoms with Crippen molar-refractivity contribution >= 4 is 17.5 Å². The summed E-state index contributed by atoms with van der Waals surface area (Å²) >= 11 is 0. The third-order valence-electron chi connectivity index (χ3n) is 3.87. The summed E-state index contributed by atoms with van der Waals surface area (Å²) in [7, 11) is 3.83. The van der Waals surface area contributed by atoms with Crippen molar-refractivity contribution in [2.75, 3.05) is 32.1 Å². The van der Waals surface area contributed by atoms with Crippen LogP contribution in [-0.4, -0.2) is 50.1 Å². The number of nitrogens with one attached hydrogen (secondary N) is 1. The Morgan fingerprint density at radius 3 is 2.46 bits per heavy atom. The van der Waals surface area contributed by atoms with E-state index < -0.39 is 30.5 Å². The number of hydrogen-bond acceptors (Lipinski definition) is 3. The Balaban J connectivity index is 1.86. The van der Waals surface area contributed by atoms with E-state index >= 15 is 0 Å². The molecule has 5 nitrogen and oxygen atoms in total. The summed E-state index contributed by atoms with van der Waals surface area (Å²) in [5.74, 6) is -1.77. The van der Waals surface area contributed by atoms with E-state index in [9.17, 15) is 22.8 Å². The highest BCUT2D eigenvalue weighted by molar-refractivity contribution is 5.89. The van der Waals surface area contributed by atoms with Crippen molar-refractivity contribution in [1.29, 1.82) is 0 Å². The Morgan fingerprint density at radius 1 is 1.29 bits per heavy atom. The minimum absolute atomic E-state index is 0.179. The van der Waals surface area contributed by atoms with Gasteiger partial charge in [0.05, 0.1) is 5.92 Å². The molecule has 1 aromatic carbocycles. The molecule has 0 aliphatic carbocycles. The second kappa shape index (κ2) is 7.11. The molecular weight excluding hydrogens is 323 g/mol. The number of amides is 2. The van der Waals surface area contributed by atoms with E-state index in [0.29, 0.717) is 4.90 Å². The largest absolute Gasteiger partial charge is 0.406 e. The highest BCUT2D eigenvalue weighted by atomic mass is 19.4. The Labute approximate surface area is 138 Å². The second-order valence-electron chi connectivity index (χ2n) is 6.07. The first-order chi connectivity index (χ1) is 11.2. The first kappa shape index (κ1) is 18.1. The highest BCUT2D eigenvalue weighted by Crippen LogP contribution is 2.24. The molecule has 1 aliphatic heterocycles. The maximum Gasteiger partial charge on any atom is 0.406 e. The first-order valence-corrected chi connectivity index (χ1v) is 7.54. The predicted molar refractivity (Wildman–Crippen MR) is 83.4 cm³/mol. The molecule has 132 valence electrons. The number of carbonyl (C=O) groups excluding carboxylic acids is 2. The molecule has 2 rings (SSSR count). The Hall–Kier alpha value is -2.25. The van der Waals surface area contributed by atoms with E-state index in [1.165, 1.54) is 0 Å². The summed E-state index contributed by atoms with van der Waals surface area (Å²) in [6.07, 6.45) is -4.63. The number of rotatable bonds is 5. The van der Waals surface area contributed by atoms with Gasteiger partial charge in [-0.25, -0.2) is 0 Å². The lowest BCUT2D eigenvalue weighted by atomic mass is 10.1. The molecule has 1 N–H and O–H groups in total. The van der Waals surface area contributed by atoms with E-state index in [0.717, 1.165) is 11.3 Å². The van der Waals surface area contributed by atoms with Crippen molar-refractivity contribution < 1.29 is 22.8 Å². The number of anilines is 1. The van der Waals surface area contributed by atoms with Gasteiger partial charge in [-0.15, -0.1) is 0 Å². The van der Waals surface area contributed by atoms with Crippen molar-refractivity contribution in [3.8, 4) is 0 Å². The number of carbonyl (C=O) groups is 2. The fourth-order valence-corrected chi connectivity index (χ4v) is 2.56. The molecule has 0 spiro atoms. The van der Waals surface area contributed by atoms with Crippen LogP contribution in [0.2, 0.25) is 0 Å². The van der Waals surface area contributed by atoms with E-state index in [4.69, 9.17) is 0 Å². The lowest BCUT2D eigenvalue weighted by Crippen LogP contribution is -2.37. The van der Waals surface area contributed by atoms with Crippen LogP contribution >= 0.6 is 0 Å². The molecule has 8 heteroatoms. The molecule has 1 heterocycles. The van der Waals surface area contributed by atoms with Gasteiger partial charge in [0.15, 0.2) is 0 Å². The third-order valence-corrected chi connectivity index (χ3v) is 3.87. The number of likely N-dealkylation sites (tertiary alicyclic amines) is 1. The molecule has 0 radical (unpaired) electrons. The van der Waals surface area contributed by atoms with E-state index in [-0.39, 0.29) is 19.5 Å². The van der Waals surface area contributed by atoms with Gasteiger partial charge < -0.3 is 15.1 Å². The predicted octanol–water partition coefficient (Wildman–Crippen LogP) is 1.78. The van der Waals surface area contributed by atoms with E-state index in [1.807, 2.05) is 43.3 Å². The molecule has 24 heavy (non-hydrogen) atoms. The highest BCUT2D eigenvalue weighted by Gasteiger charge is 2.40. The van der Waals surface area contributed by atoms with Crippen molar-refractivity contribution in [2.24, 2.45) is 5.92 Å². The second-order valence-corrected chi connectivity index (χ2v) is 6.07. The molecule has 1 aliphatic rings. The van der Waals surface area contributed by atoms with Gasteiger partial charge in [-0.2, -0.15) is 13.2 Å². The van der Waals surface area contributed by atoms with Crippen molar-refractivity contribution in [1.82, 2.24) is 10.2 Å². The van der Waals surface area contributed by atoms with Crippen LogP contribution in [0.15, 0.2) is 24.3 Å². The SMILES string of the molecule is CN(C)c1ccc(CNC(=O)[C@H]2CC(=O)N(CC(F)(F)F)C2)cc1. The number of alkyl halides is 3. The van der Waals surface area contributed by atoms with Crippen LogP contribution in [-0.2, 0) is 16.1 Å². The molecule has 2 amide bonds. The fraction of sp³-hybridized carbons (Fsp3) is 0.500. The zero-order valence-electron chi connectivity index (χ0n) is 13.6. The lowest BCUT2D eigenvalue weighted by Gasteiger charge is -2.18. The van der Waals surface area contributed by atoms with Crippen LogP contribution < -0.4 is 10.2 Å².